The lowest BCUT2D eigenvalue weighted by molar-refractivity contribution is 0.0729. The number of sulfonamides is 1. The summed E-state index contributed by atoms with van der Waals surface area (Å²) >= 11 is 0. The molecule has 1 amide bonds. The normalized spacial score (nSPS) is 15.4. The number of halogens is 4. The molecule has 1 heterocycles. The Bertz CT molecular complexity index is 1000. The van der Waals surface area contributed by atoms with Crippen LogP contribution in [0.3, 0.4) is 0 Å². The summed E-state index contributed by atoms with van der Waals surface area (Å²) in [5.41, 5.74) is -0.651. The Balaban J connectivity index is 1.88. The zero-order valence-corrected chi connectivity index (χ0v) is 15.0. The van der Waals surface area contributed by atoms with Crippen LogP contribution in [0, 0.1) is 23.3 Å². The van der Waals surface area contributed by atoms with Crippen molar-refractivity contribution in [2.45, 2.75) is 4.90 Å². The van der Waals surface area contributed by atoms with Crippen molar-refractivity contribution in [3.8, 4) is 0 Å². The van der Waals surface area contributed by atoms with Gasteiger partial charge in [0.1, 0.15) is 10.7 Å². The second-order valence-corrected chi connectivity index (χ2v) is 7.78. The van der Waals surface area contributed by atoms with Crippen LogP contribution < -0.4 is 5.32 Å². The SMILES string of the molecule is O=C(Nc1ccc(F)c(S(=O)(=O)N2CCOCC2)c1)c1cc(F)c(F)c(F)c1. The minimum atomic E-state index is -4.18. The molecule has 1 N–H and O–H groups in total. The highest BCUT2D eigenvalue weighted by molar-refractivity contribution is 7.89. The Morgan fingerprint density at radius 2 is 1.57 bits per heavy atom. The molecule has 0 bridgehead atoms. The Morgan fingerprint density at radius 3 is 2.18 bits per heavy atom. The van der Waals surface area contributed by atoms with Gasteiger partial charge in [-0.3, -0.25) is 4.79 Å². The highest BCUT2D eigenvalue weighted by atomic mass is 32.2. The highest BCUT2D eigenvalue weighted by Gasteiger charge is 2.29. The molecule has 0 spiro atoms. The highest BCUT2D eigenvalue weighted by Crippen LogP contribution is 2.24. The zero-order chi connectivity index (χ0) is 20.5. The Labute approximate surface area is 157 Å². The second kappa shape index (κ2) is 7.86. The maximum absolute atomic E-state index is 14.1. The van der Waals surface area contributed by atoms with Gasteiger partial charge in [0, 0.05) is 24.3 Å². The Kier molecular flexibility index (Phi) is 5.68. The molecule has 0 aromatic heterocycles. The lowest BCUT2D eigenvalue weighted by atomic mass is 10.2. The van der Waals surface area contributed by atoms with Crippen molar-refractivity contribution in [1.29, 1.82) is 0 Å². The number of rotatable bonds is 4. The fourth-order valence-corrected chi connectivity index (χ4v) is 4.09. The zero-order valence-electron chi connectivity index (χ0n) is 14.2. The molecule has 11 heteroatoms. The summed E-state index contributed by atoms with van der Waals surface area (Å²) < 4.78 is 85.1. The molecule has 150 valence electrons. The Hall–Kier alpha value is -2.50. The number of carbonyl (C=O) groups excluding carboxylic acids is 1. The van der Waals surface area contributed by atoms with E-state index in [2.05, 4.69) is 5.32 Å². The number of benzene rings is 2. The van der Waals surface area contributed by atoms with Crippen LogP contribution in [-0.2, 0) is 14.8 Å². The van der Waals surface area contributed by atoms with Crippen LogP contribution in [0.5, 0.6) is 0 Å². The Morgan fingerprint density at radius 1 is 0.964 bits per heavy atom. The van der Waals surface area contributed by atoms with Crippen LogP contribution in [0.1, 0.15) is 10.4 Å². The number of anilines is 1. The van der Waals surface area contributed by atoms with Gasteiger partial charge in [-0.1, -0.05) is 0 Å². The summed E-state index contributed by atoms with van der Waals surface area (Å²) in [7, 11) is -4.18. The number of amides is 1. The van der Waals surface area contributed by atoms with Crippen molar-refractivity contribution < 1.29 is 35.5 Å². The lowest BCUT2D eigenvalue weighted by Gasteiger charge is -2.26. The number of hydrogen-bond acceptors (Lipinski definition) is 4. The predicted molar refractivity (Wildman–Crippen MR) is 90.2 cm³/mol. The number of hydrogen-bond donors (Lipinski definition) is 1. The summed E-state index contributed by atoms with van der Waals surface area (Å²) in [4.78, 5) is 11.5. The fourth-order valence-electron chi connectivity index (χ4n) is 2.59. The molecule has 1 fully saturated rings. The first-order valence-corrected chi connectivity index (χ1v) is 9.47. The van der Waals surface area contributed by atoms with Crippen molar-refractivity contribution >= 4 is 21.6 Å². The van der Waals surface area contributed by atoms with Gasteiger partial charge in [0.05, 0.1) is 13.2 Å². The van der Waals surface area contributed by atoms with Gasteiger partial charge in [0.15, 0.2) is 17.5 Å². The van der Waals surface area contributed by atoms with Gasteiger partial charge in [-0.2, -0.15) is 4.31 Å². The number of ether oxygens (including phenoxy) is 1. The summed E-state index contributed by atoms with van der Waals surface area (Å²) in [6.45, 7) is 0.428. The maximum Gasteiger partial charge on any atom is 0.255 e. The van der Waals surface area contributed by atoms with Crippen LogP contribution in [0.2, 0.25) is 0 Å². The number of carbonyl (C=O) groups is 1. The molecule has 0 aliphatic carbocycles. The average Bonchev–Trinajstić information content (AvgIpc) is 2.67. The molecule has 0 radical (unpaired) electrons. The first-order valence-electron chi connectivity index (χ1n) is 8.03. The number of nitrogens with zero attached hydrogens (tertiary/aromatic N) is 1. The predicted octanol–water partition coefficient (Wildman–Crippen LogP) is 2.52. The summed E-state index contributed by atoms with van der Waals surface area (Å²) in [5, 5.41) is 2.21. The minimum absolute atomic E-state index is 0.0481. The maximum atomic E-state index is 14.1. The van der Waals surface area contributed by atoms with Gasteiger partial charge in [-0.05, 0) is 30.3 Å². The van der Waals surface area contributed by atoms with Crippen molar-refractivity contribution in [3.05, 3.63) is 59.2 Å². The minimum Gasteiger partial charge on any atom is -0.379 e. The van der Waals surface area contributed by atoms with E-state index in [1.165, 1.54) is 0 Å². The topological polar surface area (TPSA) is 75.7 Å². The smallest absolute Gasteiger partial charge is 0.255 e. The largest absolute Gasteiger partial charge is 0.379 e. The fraction of sp³-hybridized carbons (Fsp3) is 0.235. The first-order chi connectivity index (χ1) is 13.2. The third-order valence-corrected chi connectivity index (χ3v) is 5.94. The molecular weight excluding hydrogens is 404 g/mol. The molecule has 6 nitrogen and oxygen atoms in total. The number of morpholine rings is 1. The van der Waals surface area contributed by atoms with Crippen LogP contribution in [0.25, 0.3) is 0 Å². The molecule has 2 aromatic carbocycles. The van der Waals surface area contributed by atoms with Gasteiger partial charge in [-0.25, -0.2) is 26.0 Å². The van der Waals surface area contributed by atoms with E-state index in [0.29, 0.717) is 12.1 Å². The molecule has 1 aliphatic rings. The molecule has 1 saturated heterocycles. The van der Waals surface area contributed by atoms with Crippen molar-refractivity contribution in [2.75, 3.05) is 31.6 Å². The van der Waals surface area contributed by atoms with E-state index < -0.39 is 49.7 Å². The molecule has 0 atom stereocenters. The standard InChI is InChI=1S/C17H14F4N2O4S/c18-12-2-1-11(9-15(12)28(25,26)23-3-5-27-6-4-23)22-17(24)10-7-13(19)16(21)14(20)8-10/h1-2,7-9H,3-6H2,(H,22,24). The molecule has 2 aromatic rings. The lowest BCUT2D eigenvalue weighted by Crippen LogP contribution is -2.40. The van der Waals surface area contributed by atoms with E-state index >= 15 is 0 Å². The molecule has 0 unspecified atom stereocenters. The average molecular weight is 418 g/mol. The van der Waals surface area contributed by atoms with Gasteiger partial charge in [-0.15, -0.1) is 0 Å². The number of nitrogens with one attached hydrogen (secondary N) is 1. The molecule has 3 rings (SSSR count). The van der Waals surface area contributed by atoms with E-state index in [4.69, 9.17) is 4.74 Å². The summed E-state index contributed by atoms with van der Waals surface area (Å²) in [6.07, 6.45) is 0. The third kappa shape index (κ3) is 4.01. The van der Waals surface area contributed by atoms with E-state index in [9.17, 15) is 30.8 Å². The van der Waals surface area contributed by atoms with Crippen LogP contribution >= 0.6 is 0 Å². The van der Waals surface area contributed by atoms with Crippen molar-refractivity contribution in [3.63, 3.8) is 0 Å². The van der Waals surface area contributed by atoms with Crippen LogP contribution in [-0.4, -0.2) is 44.9 Å². The van der Waals surface area contributed by atoms with Gasteiger partial charge in [0.2, 0.25) is 10.0 Å². The second-order valence-electron chi connectivity index (χ2n) is 5.87. The van der Waals surface area contributed by atoms with Gasteiger partial charge in [0.25, 0.3) is 5.91 Å². The molecule has 0 saturated carbocycles. The van der Waals surface area contributed by atoms with Crippen molar-refractivity contribution in [2.24, 2.45) is 0 Å². The van der Waals surface area contributed by atoms with Gasteiger partial charge >= 0.3 is 0 Å². The van der Waals surface area contributed by atoms with Crippen LogP contribution in [0.4, 0.5) is 23.2 Å². The third-order valence-electron chi connectivity index (χ3n) is 4.02. The van der Waals surface area contributed by atoms with E-state index in [1.807, 2.05) is 0 Å². The van der Waals surface area contributed by atoms with Crippen molar-refractivity contribution in [1.82, 2.24) is 4.31 Å². The van der Waals surface area contributed by atoms with Crippen LogP contribution in [0.15, 0.2) is 35.2 Å². The van der Waals surface area contributed by atoms with E-state index in [1.54, 1.807) is 0 Å². The molecule has 1 aliphatic heterocycles. The summed E-state index contributed by atoms with van der Waals surface area (Å²) in [5.74, 6) is -6.89. The van der Waals surface area contributed by atoms with E-state index in [-0.39, 0.29) is 32.0 Å². The molecule has 28 heavy (non-hydrogen) atoms. The van der Waals surface area contributed by atoms with Gasteiger partial charge < -0.3 is 10.1 Å². The van der Waals surface area contributed by atoms with E-state index in [0.717, 1.165) is 22.5 Å². The monoisotopic (exact) mass is 418 g/mol. The summed E-state index contributed by atoms with van der Waals surface area (Å²) in [6, 6.07) is 3.80. The first kappa shape index (κ1) is 20.2. The quantitative estimate of drug-likeness (QED) is 0.612. The molecular formula is C17H14F4N2O4S.